The number of fused-ring (bicyclic) bond motifs is 1. The average molecular weight is 458 g/mol. The summed E-state index contributed by atoms with van der Waals surface area (Å²) in [5.41, 5.74) is 2.63. The molecule has 0 N–H and O–H groups in total. The third-order valence-electron chi connectivity index (χ3n) is 5.34. The molecule has 32 heavy (non-hydrogen) atoms. The Hall–Kier alpha value is -2.78. The van der Waals surface area contributed by atoms with E-state index in [1.807, 2.05) is 0 Å². The van der Waals surface area contributed by atoms with Crippen LogP contribution in [0.2, 0.25) is 0 Å². The van der Waals surface area contributed by atoms with Gasteiger partial charge >= 0.3 is 6.18 Å². The van der Waals surface area contributed by atoms with Gasteiger partial charge in [-0.05, 0) is 66.0 Å². The quantitative estimate of drug-likeness (QED) is 0.215. The summed E-state index contributed by atoms with van der Waals surface area (Å²) in [5, 5.41) is 0.326. The van der Waals surface area contributed by atoms with Crippen LogP contribution in [0.1, 0.15) is 42.4 Å². The minimum atomic E-state index is -4.82. The monoisotopic (exact) mass is 458 g/mol. The maximum atomic E-state index is 14.6. The summed E-state index contributed by atoms with van der Waals surface area (Å²) in [6, 6.07) is 14.2. The van der Waals surface area contributed by atoms with Crippen molar-refractivity contribution in [3.63, 3.8) is 0 Å². The van der Waals surface area contributed by atoms with Crippen LogP contribution in [0.5, 0.6) is 0 Å². The number of halogens is 5. The highest BCUT2D eigenvalue weighted by Gasteiger charge is 2.24. The molecule has 1 aliphatic rings. The zero-order chi connectivity index (χ0) is 22.7. The van der Waals surface area contributed by atoms with Gasteiger partial charge < -0.3 is 0 Å². The Balaban J connectivity index is 1.50. The normalized spacial score (nSPS) is 14.1. The molecule has 0 heterocycles. The van der Waals surface area contributed by atoms with Crippen molar-refractivity contribution in [2.24, 2.45) is 0 Å². The lowest BCUT2D eigenvalue weighted by molar-refractivity contribution is -0.0696. The van der Waals surface area contributed by atoms with Gasteiger partial charge in [0.05, 0.1) is 5.56 Å². The highest BCUT2D eigenvalue weighted by Crippen LogP contribution is 2.31. The number of benzene rings is 3. The fourth-order valence-corrected chi connectivity index (χ4v) is 4.59. The van der Waals surface area contributed by atoms with E-state index in [2.05, 4.69) is 30.3 Å². The fourth-order valence-electron chi connectivity index (χ4n) is 3.75. The third kappa shape index (κ3) is 5.34. The predicted molar refractivity (Wildman–Crippen MR) is 119 cm³/mol. The SMILES string of the molecule is Fc1cc2cc(CSc3ccc(C4=CCCCC4)cc3)ccc2c(F)c1C#CC(F)(F)F. The van der Waals surface area contributed by atoms with Crippen LogP contribution in [-0.4, -0.2) is 6.18 Å². The van der Waals surface area contributed by atoms with Crippen LogP contribution in [-0.2, 0) is 5.75 Å². The maximum absolute atomic E-state index is 14.6. The van der Waals surface area contributed by atoms with E-state index >= 15 is 0 Å². The largest absolute Gasteiger partial charge is 0.458 e. The van der Waals surface area contributed by atoms with Gasteiger partial charge in [0, 0.05) is 22.0 Å². The second-order valence-corrected chi connectivity index (χ2v) is 8.69. The molecule has 4 rings (SSSR count). The van der Waals surface area contributed by atoms with Crippen LogP contribution in [0.25, 0.3) is 16.3 Å². The number of alkyl halides is 3. The van der Waals surface area contributed by atoms with Crippen LogP contribution in [0.4, 0.5) is 22.0 Å². The topological polar surface area (TPSA) is 0 Å². The number of hydrogen-bond acceptors (Lipinski definition) is 1. The lowest BCUT2D eigenvalue weighted by Gasteiger charge is -2.13. The van der Waals surface area contributed by atoms with Crippen molar-refractivity contribution in [2.75, 3.05) is 0 Å². The second kappa shape index (κ2) is 9.38. The van der Waals surface area contributed by atoms with Gasteiger partial charge in [0.1, 0.15) is 11.6 Å². The fraction of sp³-hybridized carbons (Fsp3) is 0.231. The molecular weight excluding hydrogens is 439 g/mol. The number of hydrogen-bond donors (Lipinski definition) is 0. The second-order valence-electron chi connectivity index (χ2n) is 7.64. The zero-order valence-corrected chi connectivity index (χ0v) is 17.8. The van der Waals surface area contributed by atoms with E-state index < -0.39 is 23.4 Å². The van der Waals surface area contributed by atoms with Crippen LogP contribution in [0.3, 0.4) is 0 Å². The molecule has 164 valence electrons. The molecule has 0 atom stereocenters. The molecule has 0 amide bonds. The Bertz CT molecular complexity index is 1230. The van der Waals surface area contributed by atoms with Crippen LogP contribution in [0.15, 0.2) is 59.5 Å². The number of allylic oxidation sites excluding steroid dienone is 2. The summed E-state index contributed by atoms with van der Waals surface area (Å²) in [7, 11) is 0. The van der Waals surface area contributed by atoms with Crippen molar-refractivity contribution >= 4 is 28.1 Å². The van der Waals surface area contributed by atoms with Gasteiger partial charge in [0.2, 0.25) is 0 Å². The van der Waals surface area contributed by atoms with Crippen molar-refractivity contribution in [2.45, 2.75) is 42.5 Å². The summed E-state index contributed by atoms with van der Waals surface area (Å²) < 4.78 is 65.6. The van der Waals surface area contributed by atoms with E-state index in [0.29, 0.717) is 5.75 Å². The van der Waals surface area contributed by atoms with Crippen LogP contribution < -0.4 is 0 Å². The van der Waals surface area contributed by atoms with Gasteiger partial charge in [0.15, 0.2) is 0 Å². The standard InChI is InChI=1S/C26H19F5S/c27-24-15-20-14-17(6-11-22(20)25(28)23(24)12-13-26(29,30)31)16-32-21-9-7-19(8-10-21)18-4-2-1-3-5-18/h4,6-11,14-15H,1-3,5,16H2. The molecule has 0 fully saturated rings. The van der Waals surface area contributed by atoms with Gasteiger partial charge in [0.25, 0.3) is 0 Å². The van der Waals surface area contributed by atoms with Gasteiger partial charge in [-0.2, -0.15) is 13.2 Å². The summed E-state index contributed by atoms with van der Waals surface area (Å²) >= 11 is 1.61. The summed E-state index contributed by atoms with van der Waals surface area (Å²) in [6.45, 7) is 0. The Labute approximate surface area is 187 Å². The predicted octanol–water partition coefficient (Wildman–Crippen LogP) is 8.28. The number of thioether (sulfide) groups is 1. The van der Waals surface area contributed by atoms with Gasteiger partial charge in [-0.25, -0.2) is 8.78 Å². The van der Waals surface area contributed by atoms with Crippen molar-refractivity contribution in [3.05, 3.63) is 82.9 Å². The van der Waals surface area contributed by atoms with Gasteiger partial charge in [-0.3, -0.25) is 0 Å². The minimum Gasteiger partial charge on any atom is -0.205 e. The van der Waals surface area contributed by atoms with Crippen LogP contribution in [0, 0.1) is 23.5 Å². The molecule has 3 aromatic rings. The van der Waals surface area contributed by atoms with Crippen molar-refractivity contribution in [1.82, 2.24) is 0 Å². The first-order valence-corrected chi connectivity index (χ1v) is 11.2. The van der Waals surface area contributed by atoms with E-state index in [1.165, 1.54) is 30.0 Å². The molecule has 0 saturated heterocycles. The lowest BCUT2D eigenvalue weighted by atomic mass is 9.94. The third-order valence-corrected chi connectivity index (χ3v) is 6.43. The van der Waals surface area contributed by atoms with Gasteiger partial charge in [-0.15, -0.1) is 11.8 Å². The highest BCUT2D eigenvalue weighted by atomic mass is 32.2. The Morgan fingerprint density at radius 3 is 2.41 bits per heavy atom. The number of rotatable bonds is 4. The average Bonchev–Trinajstić information content (AvgIpc) is 2.77. The van der Waals surface area contributed by atoms with Crippen molar-refractivity contribution < 1.29 is 22.0 Å². The molecule has 0 aromatic heterocycles. The smallest absolute Gasteiger partial charge is 0.205 e. The maximum Gasteiger partial charge on any atom is 0.458 e. The molecule has 0 spiro atoms. The molecule has 0 saturated carbocycles. The van der Waals surface area contributed by atoms with Crippen LogP contribution >= 0.6 is 11.8 Å². The molecule has 6 heteroatoms. The summed E-state index contributed by atoms with van der Waals surface area (Å²) in [5.74, 6) is 0.899. The molecule has 3 aromatic carbocycles. The first-order valence-electron chi connectivity index (χ1n) is 10.2. The Kier molecular flexibility index (Phi) is 6.57. The molecule has 0 radical (unpaired) electrons. The highest BCUT2D eigenvalue weighted by molar-refractivity contribution is 7.98. The van der Waals surface area contributed by atoms with E-state index in [1.54, 1.807) is 29.8 Å². The summed E-state index contributed by atoms with van der Waals surface area (Å²) in [6.07, 6.45) is 2.20. The molecule has 0 unspecified atom stereocenters. The van der Waals surface area contributed by atoms with Gasteiger partial charge in [-0.1, -0.05) is 42.3 Å². The Morgan fingerprint density at radius 1 is 0.938 bits per heavy atom. The van der Waals surface area contributed by atoms with E-state index in [4.69, 9.17) is 0 Å². The molecule has 0 aliphatic heterocycles. The van der Waals surface area contributed by atoms with Crippen molar-refractivity contribution in [3.8, 4) is 11.8 Å². The lowest BCUT2D eigenvalue weighted by Crippen LogP contribution is -2.02. The molecule has 0 bridgehead atoms. The molecular formula is C26H19F5S. The molecule has 1 aliphatic carbocycles. The summed E-state index contributed by atoms with van der Waals surface area (Å²) in [4.78, 5) is 1.08. The zero-order valence-electron chi connectivity index (χ0n) is 17.0. The van der Waals surface area contributed by atoms with E-state index in [9.17, 15) is 22.0 Å². The van der Waals surface area contributed by atoms with Crippen molar-refractivity contribution in [1.29, 1.82) is 0 Å². The first-order chi connectivity index (χ1) is 15.3. The minimum absolute atomic E-state index is 0.0386. The van der Waals surface area contributed by atoms with E-state index in [0.717, 1.165) is 35.3 Å². The Morgan fingerprint density at radius 2 is 1.72 bits per heavy atom. The first kappa shape index (κ1) is 22.4. The molecule has 0 nitrogen and oxygen atoms in total. The van der Waals surface area contributed by atoms with E-state index in [-0.39, 0.29) is 10.8 Å².